The lowest BCUT2D eigenvalue weighted by Gasteiger charge is -2.24. The number of allylic oxidation sites excluding steroid dienone is 22. The van der Waals surface area contributed by atoms with Gasteiger partial charge in [0.2, 0.25) is 5.91 Å². The van der Waals surface area contributed by atoms with Crippen molar-refractivity contribution in [2.45, 2.75) is 200 Å². The fourth-order valence-corrected chi connectivity index (χ4v) is 6.49. The van der Waals surface area contributed by atoms with Gasteiger partial charge in [-0.25, -0.2) is 0 Å². The highest BCUT2D eigenvalue weighted by molar-refractivity contribution is 5.77. The SMILES string of the molecule is CC\C=C/C=C/C=C/C=C\C=C\C=C\CCCCCC(=O)OC(CCC/C=C\C/C=C\C/C=C\C/C=C\C/C=C\CC)CC(=O)NC(CO)C(O)CCCCCCCCCCC. The van der Waals surface area contributed by atoms with Crippen molar-refractivity contribution >= 4 is 11.9 Å². The van der Waals surface area contributed by atoms with Gasteiger partial charge in [0, 0.05) is 6.42 Å². The summed E-state index contributed by atoms with van der Waals surface area (Å²) < 4.78 is 5.87. The summed E-state index contributed by atoms with van der Waals surface area (Å²) in [6.07, 6.45) is 67.9. The molecule has 0 saturated carbocycles. The number of amides is 1. The number of rotatable bonds is 41. The Bertz CT molecular complexity index is 1370. The highest BCUT2D eigenvalue weighted by Crippen LogP contribution is 2.16. The first-order valence-electron chi connectivity index (χ1n) is 24.5. The second kappa shape index (κ2) is 48.0. The summed E-state index contributed by atoms with van der Waals surface area (Å²) >= 11 is 0. The molecule has 0 aromatic heterocycles. The number of carbonyl (C=O) groups is 2. The lowest BCUT2D eigenvalue weighted by Crippen LogP contribution is -2.46. The molecule has 0 aliphatic rings. The van der Waals surface area contributed by atoms with E-state index in [-0.39, 0.29) is 24.9 Å². The summed E-state index contributed by atoms with van der Waals surface area (Å²) in [5, 5.41) is 23.6. The lowest BCUT2D eigenvalue weighted by molar-refractivity contribution is -0.151. The van der Waals surface area contributed by atoms with Crippen LogP contribution in [0.2, 0.25) is 0 Å². The maximum Gasteiger partial charge on any atom is 0.306 e. The molecule has 0 aliphatic heterocycles. The summed E-state index contributed by atoms with van der Waals surface area (Å²) in [4.78, 5) is 26.1. The fraction of sp³-hybridized carbons (Fsp3) is 0.571. The van der Waals surface area contributed by atoms with Crippen LogP contribution >= 0.6 is 0 Å². The molecule has 62 heavy (non-hydrogen) atoms. The molecule has 0 heterocycles. The van der Waals surface area contributed by atoms with Crippen molar-refractivity contribution < 1.29 is 24.5 Å². The Morgan fingerprint density at radius 3 is 1.52 bits per heavy atom. The van der Waals surface area contributed by atoms with Crippen LogP contribution in [0.1, 0.15) is 181 Å². The maximum absolute atomic E-state index is 13.2. The standard InChI is InChI=1S/C56H89NO5/c1-4-7-10-13-16-19-21-23-25-27-29-31-33-36-38-41-44-47-52(50-55(60)57-53(51-58)54(59)48-45-42-39-35-18-15-12-9-6-3)62-56(61)49-46-43-40-37-34-32-30-28-26-24-22-20-17-14-11-8-5-2/h7-8,10-11,14,16-17,19-20,22-26,28-32,34,36,38,52-54,58-59H,4-6,9,12-13,15,18,21,27,33,35,37,39-51H2,1-3H3,(H,57,60)/b10-7-,11-8-,17-14+,19-16-,22-20+,25-23-,26-24-,30-28+,31-29-,34-32+,38-36-. The zero-order valence-corrected chi connectivity index (χ0v) is 39.4. The van der Waals surface area contributed by atoms with Crippen LogP contribution in [0.4, 0.5) is 0 Å². The number of carbonyl (C=O) groups excluding carboxylic acids is 2. The molecular weight excluding hydrogens is 767 g/mol. The maximum atomic E-state index is 13.2. The van der Waals surface area contributed by atoms with Crippen LogP contribution in [0, 0.1) is 0 Å². The summed E-state index contributed by atoms with van der Waals surface area (Å²) in [7, 11) is 0. The van der Waals surface area contributed by atoms with E-state index in [4.69, 9.17) is 4.74 Å². The molecule has 0 bridgehead atoms. The van der Waals surface area contributed by atoms with Gasteiger partial charge in [-0.05, 0) is 83.5 Å². The van der Waals surface area contributed by atoms with Crippen LogP contribution in [0.5, 0.6) is 0 Å². The third kappa shape index (κ3) is 42.7. The Hall–Kier alpha value is -4.00. The van der Waals surface area contributed by atoms with E-state index >= 15 is 0 Å². The Morgan fingerprint density at radius 2 is 0.968 bits per heavy atom. The van der Waals surface area contributed by atoms with Crippen molar-refractivity contribution in [2.75, 3.05) is 6.61 Å². The molecule has 3 atom stereocenters. The first-order chi connectivity index (χ1) is 30.5. The first-order valence-corrected chi connectivity index (χ1v) is 24.5. The smallest absolute Gasteiger partial charge is 0.306 e. The first kappa shape index (κ1) is 58.0. The van der Waals surface area contributed by atoms with Gasteiger partial charge in [0.15, 0.2) is 0 Å². The van der Waals surface area contributed by atoms with Gasteiger partial charge in [-0.2, -0.15) is 0 Å². The molecular formula is C56H89NO5. The van der Waals surface area contributed by atoms with Crippen LogP contribution < -0.4 is 5.32 Å². The Balaban J connectivity index is 4.85. The molecule has 3 unspecified atom stereocenters. The molecule has 1 amide bonds. The topological polar surface area (TPSA) is 95.9 Å². The monoisotopic (exact) mass is 856 g/mol. The average Bonchev–Trinajstić information content (AvgIpc) is 3.26. The molecule has 0 spiro atoms. The van der Waals surface area contributed by atoms with Crippen LogP contribution in [0.25, 0.3) is 0 Å². The number of hydrogen-bond acceptors (Lipinski definition) is 5. The molecule has 348 valence electrons. The quantitative estimate of drug-likeness (QED) is 0.0246. The number of aliphatic hydroxyl groups is 2. The van der Waals surface area contributed by atoms with E-state index in [9.17, 15) is 19.8 Å². The van der Waals surface area contributed by atoms with Gasteiger partial charge in [0.1, 0.15) is 6.10 Å². The molecule has 0 fully saturated rings. The van der Waals surface area contributed by atoms with Crippen LogP contribution in [0.15, 0.2) is 134 Å². The summed E-state index contributed by atoms with van der Waals surface area (Å²) in [6, 6.07) is -0.738. The van der Waals surface area contributed by atoms with Gasteiger partial charge in [0.25, 0.3) is 0 Å². The molecule has 6 nitrogen and oxygen atoms in total. The van der Waals surface area contributed by atoms with Gasteiger partial charge in [-0.3, -0.25) is 9.59 Å². The minimum Gasteiger partial charge on any atom is -0.462 e. The second-order valence-corrected chi connectivity index (χ2v) is 15.9. The Kier molecular flexibility index (Phi) is 44.9. The van der Waals surface area contributed by atoms with Crippen molar-refractivity contribution in [2.24, 2.45) is 0 Å². The second-order valence-electron chi connectivity index (χ2n) is 15.9. The van der Waals surface area contributed by atoms with Crippen molar-refractivity contribution in [3.05, 3.63) is 134 Å². The van der Waals surface area contributed by atoms with E-state index in [2.05, 4.69) is 99.0 Å². The van der Waals surface area contributed by atoms with Crippen molar-refractivity contribution in [3.8, 4) is 0 Å². The lowest BCUT2D eigenvalue weighted by atomic mass is 10.0. The highest BCUT2D eigenvalue weighted by Gasteiger charge is 2.24. The van der Waals surface area contributed by atoms with Crippen molar-refractivity contribution in [3.63, 3.8) is 0 Å². The number of unbranched alkanes of at least 4 members (excludes halogenated alkanes) is 12. The molecule has 0 aliphatic carbocycles. The predicted molar refractivity (Wildman–Crippen MR) is 268 cm³/mol. The number of aliphatic hydroxyl groups excluding tert-OH is 2. The van der Waals surface area contributed by atoms with Crippen molar-refractivity contribution in [1.82, 2.24) is 5.32 Å². The van der Waals surface area contributed by atoms with E-state index < -0.39 is 18.2 Å². The Labute approximate surface area is 380 Å². The molecule has 3 N–H and O–H groups in total. The molecule has 0 saturated heterocycles. The van der Waals surface area contributed by atoms with Gasteiger partial charge in [-0.15, -0.1) is 0 Å². The van der Waals surface area contributed by atoms with Gasteiger partial charge < -0.3 is 20.3 Å². The normalized spacial score (nSPS) is 14.5. The number of hydrogen-bond donors (Lipinski definition) is 3. The summed E-state index contributed by atoms with van der Waals surface area (Å²) in [5.74, 6) is -0.600. The average molecular weight is 856 g/mol. The molecule has 6 heteroatoms. The number of ether oxygens (including phenoxy) is 1. The molecule has 0 aromatic carbocycles. The van der Waals surface area contributed by atoms with E-state index in [0.717, 1.165) is 96.3 Å². The predicted octanol–water partition coefficient (Wildman–Crippen LogP) is 14.7. The zero-order valence-electron chi connectivity index (χ0n) is 39.4. The summed E-state index contributed by atoms with van der Waals surface area (Å²) in [5.41, 5.74) is 0. The van der Waals surface area contributed by atoms with Crippen LogP contribution in [-0.4, -0.2) is 46.9 Å². The van der Waals surface area contributed by atoms with Crippen molar-refractivity contribution in [1.29, 1.82) is 0 Å². The van der Waals surface area contributed by atoms with E-state index in [0.29, 0.717) is 19.3 Å². The molecule has 0 rings (SSSR count). The van der Waals surface area contributed by atoms with E-state index in [1.54, 1.807) is 0 Å². The Morgan fingerprint density at radius 1 is 0.500 bits per heavy atom. The third-order valence-electron chi connectivity index (χ3n) is 10.1. The minimum absolute atomic E-state index is 0.0101. The molecule has 0 radical (unpaired) electrons. The fourth-order valence-electron chi connectivity index (χ4n) is 6.49. The third-order valence-corrected chi connectivity index (χ3v) is 10.1. The largest absolute Gasteiger partial charge is 0.462 e. The summed E-state index contributed by atoms with van der Waals surface area (Å²) in [6.45, 7) is 6.15. The van der Waals surface area contributed by atoms with Crippen LogP contribution in [-0.2, 0) is 14.3 Å². The van der Waals surface area contributed by atoms with Crippen LogP contribution in [0.3, 0.4) is 0 Å². The van der Waals surface area contributed by atoms with Gasteiger partial charge in [-0.1, -0.05) is 219 Å². The number of esters is 1. The highest BCUT2D eigenvalue weighted by atomic mass is 16.5. The molecule has 0 aromatic rings. The van der Waals surface area contributed by atoms with Gasteiger partial charge in [0.05, 0.1) is 25.2 Å². The minimum atomic E-state index is -0.819. The van der Waals surface area contributed by atoms with E-state index in [1.807, 2.05) is 60.8 Å². The van der Waals surface area contributed by atoms with E-state index in [1.165, 1.54) is 38.5 Å². The zero-order chi connectivity index (χ0) is 45.2. The van der Waals surface area contributed by atoms with Gasteiger partial charge >= 0.3 is 5.97 Å². The number of nitrogens with one attached hydrogen (secondary N) is 1.